The number of amides is 1. The number of hydrazine groups is 1. The number of benzene rings is 1. The molecule has 1 aromatic heterocycles. The van der Waals surface area contributed by atoms with Crippen LogP contribution in [0.4, 0.5) is 4.39 Å². The summed E-state index contributed by atoms with van der Waals surface area (Å²) in [6.07, 6.45) is 0.654. The van der Waals surface area contributed by atoms with E-state index < -0.39 is 15.8 Å². The molecule has 0 spiro atoms. The van der Waals surface area contributed by atoms with E-state index in [1.54, 1.807) is 16.2 Å². The molecule has 4 rings (SSSR count). The van der Waals surface area contributed by atoms with Crippen molar-refractivity contribution in [3.63, 3.8) is 0 Å². The van der Waals surface area contributed by atoms with E-state index in [-0.39, 0.29) is 36.0 Å². The maximum atomic E-state index is 13.4. The molecule has 7 nitrogen and oxygen atoms in total. The van der Waals surface area contributed by atoms with E-state index in [9.17, 15) is 17.6 Å². The second kappa shape index (κ2) is 7.88. The van der Waals surface area contributed by atoms with E-state index in [4.69, 9.17) is 0 Å². The molecule has 0 saturated carbocycles. The van der Waals surface area contributed by atoms with Gasteiger partial charge >= 0.3 is 0 Å². The van der Waals surface area contributed by atoms with E-state index in [2.05, 4.69) is 10.9 Å². The fourth-order valence-electron chi connectivity index (χ4n) is 3.54. The van der Waals surface area contributed by atoms with Crippen LogP contribution in [0.2, 0.25) is 0 Å². The van der Waals surface area contributed by atoms with Crippen molar-refractivity contribution < 1.29 is 17.6 Å². The summed E-state index contributed by atoms with van der Waals surface area (Å²) in [5, 5.41) is 2.00. The van der Waals surface area contributed by atoms with Gasteiger partial charge in [0.2, 0.25) is 15.9 Å². The predicted molar refractivity (Wildman–Crippen MR) is 103 cm³/mol. The summed E-state index contributed by atoms with van der Waals surface area (Å²) < 4.78 is 40.1. The molecule has 10 heteroatoms. The predicted octanol–water partition coefficient (Wildman–Crippen LogP) is 1.33. The lowest BCUT2D eigenvalue weighted by molar-refractivity contribution is -0.134. The van der Waals surface area contributed by atoms with Gasteiger partial charge in [0.25, 0.3) is 0 Å². The van der Waals surface area contributed by atoms with Gasteiger partial charge in [-0.05, 0) is 36.1 Å². The molecule has 3 heterocycles. The highest BCUT2D eigenvalue weighted by molar-refractivity contribution is 7.89. The molecular weight excluding hydrogens is 403 g/mol. The number of hydrogen-bond acceptors (Lipinski definition) is 6. The maximum Gasteiger partial charge on any atom is 0.243 e. The first-order chi connectivity index (χ1) is 13.4. The Bertz CT molecular complexity index is 944. The highest BCUT2D eigenvalue weighted by atomic mass is 32.2. The van der Waals surface area contributed by atoms with Crippen molar-refractivity contribution in [3.8, 4) is 0 Å². The number of rotatable bonds is 4. The van der Waals surface area contributed by atoms with Gasteiger partial charge in [0, 0.05) is 31.1 Å². The minimum absolute atomic E-state index is 0.0330. The molecule has 28 heavy (non-hydrogen) atoms. The SMILES string of the molecule is O=C(C1CC(c2cccs2)NN1)N1CCN(S(=O)(=O)c2cccc(F)c2)CC1. The van der Waals surface area contributed by atoms with Crippen LogP contribution in [-0.2, 0) is 14.8 Å². The van der Waals surface area contributed by atoms with E-state index in [0.717, 1.165) is 6.07 Å². The van der Waals surface area contributed by atoms with Crippen LogP contribution in [0.15, 0.2) is 46.7 Å². The van der Waals surface area contributed by atoms with Gasteiger partial charge in [0.05, 0.1) is 10.9 Å². The van der Waals surface area contributed by atoms with Crippen LogP contribution in [0.5, 0.6) is 0 Å². The molecule has 2 unspecified atom stereocenters. The number of hydrogen-bond donors (Lipinski definition) is 2. The molecule has 2 atom stereocenters. The number of carbonyl (C=O) groups excluding carboxylic acids is 1. The van der Waals surface area contributed by atoms with E-state index in [0.29, 0.717) is 19.5 Å². The fourth-order valence-corrected chi connectivity index (χ4v) is 5.78. The molecule has 0 radical (unpaired) electrons. The Kier molecular flexibility index (Phi) is 5.48. The topological polar surface area (TPSA) is 81.8 Å². The fraction of sp³-hybridized carbons (Fsp3) is 0.389. The van der Waals surface area contributed by atoms with Gasteiger partial charge in [-0.25, -0.2) is 23.7 Å². The molecule has 1 amide bonds. The van der Waals surface area contributed by atoms with Crippen molar-refractivity contribution in [1.29, 1.82) is 0 Å². The Morgan fingerprint density at radius 3 is 2.57 bits per heavy atom. The minimum atomic E-state index is -3.76. The van der Waals surface area contributed by atoms with Gasteiger partial charge in [-0.2, -0.15) is 4.31 Å². The monoisotopic (exact) mass is 424 g/mol. The smallest absolute Gasteiger partial charge is 0.243 e. The molecule has 1 aromatic carbocycles. The van der Waals surface area contributed by atoms with Gasteiger partial charge in [-0.15, -0.1) is 11.3 Å². The molecule has 2 saturated heterocycles. The number of piperazine rings is 1. The summed E-state index contributed by atoms with van der Waals surface area (Å²) in [5.74, 6) is -0.621. The molecule has 2 aliphatic heterocycles. The van der Waals surface area contributed by atoms with Crippen molar-refractivity contribution in [2.24, 2.45) is 0 Å². The molecular formula is C18H21FN4O3S2. The number of halogens is 1. The molecule has 0 aliphatic carbocycles. The van der Waals surface area contributed by atoms with Crippen LogP contribution >= 0.6 is 11.3 Å². The van der Waals surface area contributed by atoms with Crippen LogP contribution < -0.4 is 10.9 Å². The Morgan fingerprint density at radius 1 is 1.11 bits per heavy atom. The highest BCUT2D eigenvalue weighted by Gasteiger charge is 2.36. The zero-order chi connectivity index (χ0) is 19.7. The van der Waals surface area contributed by atoms with E-state index >= 15 is 0 Å². The van der Waals surface area contributed by atoms with Gasteiger partial charge in [0.15, 0.2) is 0 Å². The maximum absolute atomic E-state index is 13.4. The van der Waals surface area contributed by atoms with Gasteiger partial charge in [-0.3, -0.25) is 4.79 Å². The zero-order valence-electron chi connectivity index (χ0n) is 15.0. The average molecular weight is 425 g/mol. The largest absolute Gasteiger partial charge is 0.339 e. The normalized spacial score (nSPS) is 23.8. The van der Waals surface area contributed by atoms with Crippen molar-refractivity contribution >= 4 is 27.3 Å². The lowest BCUT2D eigenvalue weighted by Crippen LogP contribution is -2.54. The Hall–Kier alpha value is -1.85. The van der Waals surface area contributed by atoms with Crippen LogP contribution in [0.1, 0.15) is 17.3 Å². The number of carbonyl (C=O) groups is 1. The lowest BCUT2D eigenvalue weighted by atomic mass is 10.1. The summed E-state index contributed by atoms with van der Waals surface area (Å²) in [6.45, 7) is 1.02. The molecule has 2 aromatic rings. The van der Waals surface area contributed by atoms with Crippen LogP contribution in [0.25, 0.3) is 0 Å². The van der Waals surface area contributed by atoms with Crippen LogP contribution in [-0.4, -0.2) is 55.8 Å². The molecule has 150 valence electrons. The number of sulfonamides is 1. The summed E-state index contributed by atoms with van der Waals surface area (Å²) >= 11 is 1.64. The molecule has 2 aliphatic rings. The molecule has 2 N–H and O–H groups in total. The Balaban J connectivity index is 1.36. The minimum Gasteiger partial charge on any atom is -0.339 e. The van der Waals surface area contributed by atoms with Crippen molar-refractivity contribution in [2.75, 3.05) is 26.2 Å². The summed E-state index contributed by atoms with van der Waals surface area (Å²) in [5.41, 5.74) is 6.22. The van der Waals surface area contributed by atoms with Crippen molar-refractivity contribution in [2.45, 2.75) is 23.4 Å². The second-order valence-corrected chi connectivity index (χ2v) is 9.75. The summed E-state index contributed by atoms with van der Waals surface area (Å²) in [6, 6.07) is 8.77. The average Bonchev–Trinajstić information content (AvgIpc) is 3.39. The Morgan fingerprint density at radius 2 is 1.89 bits per heavy atom. The quantitative estimate of drug-likeness (QED) is 0.774. The van der Waals surface area contributed by atoms with E-state index in [1.165, 1.54) is 27.4 Å². The summed E-state index contributed by atoms with van der Waals surface area (Å²) in [4.78, 5) is 15.6. The van der Waals surface area contributed by atoms with Crippen molar-refractivity contribution in [3.05, 3.63) is 52.5 Å². The first-order valence-corrected chi connectivity index (χ1v) is 11.4. The third-order valence-electron chi connectivity index (χ3n) is 5.07. The Labute approximate surface area is 167 Å². The van der Waals surface area contributed by atoms with Crippen LogP contribution in [0.3, 0.4) is 0 Å². The van der Waals surface area contributed by atoms with Crippen LogP contribution in [0, 0.1) is 5.82 Å². The standard InChI is InChI=1S/C18H21FN4O3S2/c19-13-3-1-4-14(11-13)28(25,26)23-8-6-22(7-9-23)18(24)16-12-15(20-21-16)17-5-2-10-27-17/h1-5,10-11,15-16,20-21H,6-9,12H2. The third kappa shape index (κ3) is 3.83. The summed E-state index contributed by atoms with van der Waals surface area (Å²) in [7, 11) is -3.76. The number of nitrogens with zero attached hydrogens (tertiary/aromatic N) is 2. The zero-order valence-corrected chi connectivity index (χ0v) is 16.7. The van der Waals surface area contributed by atoms with E-state index in [1.807, 2.05) is 17.5 Å². The third-order valence-corrected chi connectivity index (χ3v) is 7.95. The lowest BCUT2D eigenvalue weighted by Gasteiger charge is -2.35. The number of nitrogens with one attached hydrogen (secondary N) is 2. The molecule has 0 bridgehead atoms. The first-order valence-electron chi connectivity index (χ1n) is 9.04. The van der Waals surface area contributed by atoms with Gasteiger partial charge in [-0.1, -0.05) is 12.1 Å². The second-order valence-electron chi connectivity index (χ2n) is 6.83. The van der Waals surface area contributed by atoms with Crippen molar-refractivity contribution in [1.82, 2.24) is 20.1 Å². The highest BCUT2D eigenvalue weighted by Crippen LogP contribution is 2.27. The number of thiophene rings is 1. The first kappa shape index (κ1) is 19.5. The molecule has 2 fully saturated rings. The van der Waals surface area contributed by atoms with Gasteiger partial charge < -0.3 is 4.90 Å². The van der Waals surface area contributed by atoms with Gasteiger partial charge in [0.1, 0.15) is 11.9 Å².